The number of hydrogen-bond donors (Lipinski definition) is 1. The summed E-state index contributed by atoms with van der Waals surface area (Å²) in [6.45, 7) is 2.60. The highest BCUT2D eigenvalue weighted by atomic mass is 16.2. The molecule has 1 spiro atoms. The Morgan fingerprint density at radius 1 is 1.06 bits per heavy atom. The van der Waals surface area contributed by atoms with Crippen LogP contribution in [0.15, 0.2) is 49.1 Å². The quantitative estimate of drug-likeness (QED) is 0.781. The third-order valence-corrected chi connectivity index (χ3v) is 8.04. The van der Waals surface area contributed by atoms with E-state index < -0.39 is 0 Å². The Morgan fingerprint density at radius 2 is 1.81 bits per heavy atom. The van der Waals surface area contributed by atoms with E-state index in [0.717, 1.165) is 51.7 Å². The molecule has 2 aromatic rings. The van der Waals surface area contributed by atoms with Crippen molar-refractivity contribution in [3.05, 3.63) is 54.6 Å². The van der Waals surface area contributed by atoms with Crippen molar-refractivity contribution in [1.82, 2.24) is 19.8 Å². The van der Waals surface area contributed by atoms with Crippen LogP contribution >= 0.6 is 0 Å². The summed E-state index contributed by atoms with van der Waals surface area (Å²) >= 11 is 0. The van der Waals surface area contributed by atoms with Gasteiger partial charge in [-0.25, -0.2) is 4.98 Å². The molecule has 1 aromatic carbocycles. The molecule has 1 aromatic heterocycles. The number of nitrogens with zero attached hydrogens (tertiary/aromatic N) is 3. The van der Waals surface area contributed by atoms with E-state index in [1.807, 2.05) is 15.7 Å². The van der Waals surface area contributed by atoms with Crippen molar-refractivity contribution in [2.24, 2.45) is 11.3 Å². The van der Waals surface area contributed by atoms with Gasteiger partial charge in [0.1, 0.15) is 6.54 Å². The molecule has 2 saturated carbocycles. The number of hydrogen-bond acceptors (Lipinski definition) is 3. The number of rotatable bonds is 6. The number of likely N-dealkylation sites (tertiary alicyclic amines) is 1. The summed E-state index contributed by atoms with van der Waals surface area (Å²) in [5.74, 6) is 0.480. The lowest BCUT2D eigenvalue weighted by Gasteiger charge is -2.33. The van der Waals surface area contributed by atoms with Crippen molar-refractivity contribution >= 4 is 11.8 Å². The van der Waals surface area contributed by atoms with Gasteiger partial charge in [0.05, 0.1) is 6.33 Å². The van der Waals surface area contributed by atoms with Gasteiger partial charge < -0.3 is 14.8 Å². The van der Waals surface area contributed by atoms with Gasteiger partial charge >= 0.3 is 0 Å². The van der Waals surface area contributed by atoms with Crippen molar-refractivity contribution < 1.29 is 9.59 Å². The number of piperidine rings is 1. The average Bonchev–Trinajstić information content (AvgIpc) is 3.18. The second-order valence-corrected chi connectivity index (χ2v) is 9.81. The molecule has 3 fully saturated rings. The Hall–Kier alpha value is -2.63. The third-order valence-electron chi connectivity index (χ3n) is 8.04. The molecule has 6 heteroatoms. The highest BCUT2D eigenvalue weighted by Gasteiger charge is 2.58. The normalized spacial score (nSPS) is 23.6. The number of aromatic nitrogens is 2. The van der Waals surface area contributed by atoms with Gasteiger partial charge in [0.25, 0.3) is 0 Å². The maximum atomic E-state index is 13.0. The van der Waals surface area contributed by atoms with Gasteiger partial charge in [0.2, 0.25) is 11.8 Å². The van der Waals surface area contributed by atoms with Crippen LogP contribution in [0.3, 0.4) is 0 Å². The van der Waals surface area contributed by atoms with E-state index in [0.29, 0.717) is 6.54 Å². The zero-order valence-electron chi connectivity index (χ0n) is 18.1. The minimum atomic E-state index is 0.0993. The standard InChI is InChI=1S/C25H32N4O2/c30-22(17-28-15-12-26-19-28)29-13-10-24(11-14-29)16-21(24)23(31)27-18-25(8-4-5-9-25)20-6-2-1-3-7-20/h1-3,6-7,12,15,19,21H,4-5,8-11,13-14,16-18H2,(H,27,31). The Labute approximate surface area is 184 Å². The van der Waals surface area contributed by atoms with Gasteiger partial charge in [0.15, 0.2) is 0 Å². The lowest BCUT2D eigenvalue weighted by molar-refractivity contribution is -0.133. The Balaban J connectivity index is 1.13. The van der Waals surface area contributed by atoms with Crippen LogP contribution in [-0.4, -0.2) is 45.9 Å². The zero-order chi connectivity index (χ0) is 21.3. The molecule has 3 aliphatic rings. The zero-order valence-corrected chi connectivity index (χ0v) is 18.1. The summed E-state index contributed by atoms with van der Waals surface area (Å²) in [6, 6.07) is 10.7. The molecule has 0 bridgehead atoms. The average molecular weight is 421 g/mol. The summed E-state index contributed by atoms with van der Waals surface area (Å²) in [5, 5.41) is 3.33. The van der Waals surface area contributed by atoms with Crippen molar-refractivity contribution in [2.45, 2.75) is 56.9 Å². The number of benzene rings is 1. The van der Waals surface area contributed by atoms with Crippen LogP contribution in [0.4, 0.5) is 0 Å². The smallest absolute Gasteiger partial charge is 0.242 e. The van der Waals surface area contributed by atoms with Crippen molar-refractivity contribution in [2.75, 3.05) is 19.6 Å². The lowest BCUT2D eigenvalue weighted by atomic mass is 9.78. The summed E-state index contributed by atoms with van der Waals surface area (Å²) in [5.41, 5.74) is 1.58. The van der Waals surface area contributed by atoms with E-state index in [-0.39, 0.29) is 28.6 Å². The van der Waals surface area contributed by atoms with Crippen LogP contribution in [-0.2, 0) is 21.5 Å². The summed E-state index contributed by atoms with van der Waals surface area (Å²) in [6.07, 6.45) is 12.8. The molecule has 2 aliphatic carbocycles. The van der Waals surface area contributed by atoms with E-state index in [9.17, 15) is 9.59 Å². The van der Waals surface area contributed by atoms with Crippen LogP contribution in [0.5, 0.6) is 0 Å². The number of nitrogens with one attached hydrogen (secondary N) is 1. The van der Waals surface area contributed by atoms with Gasteiger partial charge in [-0.05, 0) is 43.1 Å². The Bertz CT molecular complexity index is 910. The summed E-state index contributed by atoms with van der Waals surface area (Å²) < 4.78 is 1.81. The first-order chi connectivity index (χ1) is 15.1. The molecule has 0 radical (unpaired) electrons. The fraction of sp³-hybridized carbons (Fsp3) is 0.560. The predicted octanol–water partition coefficient (Wildman–Crippen LogP) is 3.14. The van der Waals surface area contributed by atoms with Crippen LogP contribution in [0.1, 0.15) is 50.5 Å². The second kappa shape index (κ2) is 8.13. The molecule has 164 valence electrons. The molecule has 2 amide bonds. The molecule has 1 saturated heterocycles. The molecule has 6 nitrogen and oxygen atoms in total. The Kier molecular flexibility index (Phi) is 5.32. The largest absolute Gasteiger partial charge is 0.355 e. The SMILES string of the molecule is O=C(NCC1(c2ccccc2)CCCC1)C1CC12CCN(C(=O)Cn1ccnc1)CC2. The van der Waals surface area contributed by atoms with E-state index in [4.69, 9.17) is 0 Å². The second-order valence-electron chi connectivity index (χ2n) is 9.81. The number of amides is 2. The van der Waals surface area contributed by atoms with Gasteiger partial charge in [0, 0.05) is 43.4 Å². The van der Waals surface area contributed by atoms with Crippen molar-refractivity contribution in [3.63, 3.8) is 0 Å². The molecule has 5 rings (SSSR count). The topological polar surface area (TPSA) is 67.2 Å². The fourth-order valence-electron chi connectivity index (χ4n) is 5.90. The molecular weight excluding hydrogens is 388 g/mol. The minimum Gasteiger partial charge on any atom is -0.355 e. The third kappa shape index (κ3) is 4.00. The van der Waals surface area contributed by atoms with Crippen LogP contribution < -0.4 is 5.32 Å². The van der Waals surface area contributed by atoms with Crippen molar-refractivity contribution in [1.29, 1.82) is 0 Å². The van der Waals surface area contributed by atoms with Crippen LogP contribution in [0.2, 0.25) is 0 Å². The van der Waals surface area contributed by atoms with E-state index in [2.05, 4.69) is 40.6 Å². The van der Waals surface area contributed by atoms with Crippen LogP contribution in [0.25, 0.3) is 0 Å². The van der Waals surface area contributed by atoms with Crippen molar-refractivity contribution in [3.8, 4) is 0 Å². The molecule has 1 atom stereocenters. The van der Waals surface area contributed by atoms with E-state index in [1.54, 1.807) is 12.5 Å². The highest BCUT2D eigenvalue weighted by molar-refractivity contribution is 5.83. The van der Waals surface area contributed by atoms with Gasteiger partial charge in [-0.2, -0.15) is 0 Å². The van der Waals surface area contributed by atoms with Gasteiger partial charge in [-0.1, -0.05) is 43.2 Å². The van der Waals surface area contributed by atoms with E-state index >= 15 is 0 Å². The maximum absolute atomic E-state index is 13.0. The van der Waals surface area contributed by atoms with Crippen LogP contribution in [0, 0.1) is 11.3 Å². The first kappa shape index (κ1) is 20.3. The molecular formula is C25H32N4O2. The molecule has 31 heavy (non-hydrogen) atoms. The Morgan fingerprint density at radius 3 is 2.48 bits per heavy atom. The number of carbonyl (C=O) groups excluding carboxylic acids is 2. The molecule has 2 heterocycles. The number of carbonyl (C=O) groups is 2. The molecule has 1 unspecified atom stereocenters. The molecule has 1 N–H and O–H groups in total. The number of imidazole rings is 1. The maximum Gasteiger partial charge on any atom is 0.242 e. The van der Waals surface area contributed by atoms with Gasteiger partial charge in [-0.3, -0.25) is 9.59 Å². The highest BCUT2D eigenvalue weighted by Crippen LogP contribution is 2.59. The summed E-state index contributed by atoms with van der Waals surface area (Å²) in [4.78, 5) is 31.5. The summed E-state index contributed by atoms with van der Waals surface area (Å²) in [7, 11) is 0. The van der Waals surface area contributed by atoms with Gasteiger partial charge in [-0.15, -0.1) is 0 Å². The van der Waals surface area contributed by atoms with E-state index in [1.165, 1.54) is 18.4 Å². The predicted molar refractivity (Wildman–Crippen MR) is 118 cm³/mol. The first-order valence-electron chi connectivity index (χ1n) is 11.7. The first-order valence-corrected chi connectivity index (χ1v) is 11.7. The minimum absolute atomic E-state index is 0.0993. The molecule has 1 aliphatic heterocycles. The lowest BCUT2D eigenvalue weighted by Crippen LogP contribution is -2.43. The monoisotopic (exact) mass is 420 g/mol. The fourth-order valence-corrected chi connectivity index (χ4v) is 5.90.